The van der Waals surface area contributed by atoms with E-state index in [0.29, 0.717) is 29.6 Å². The van der Waals surface area contributed by atoms with Crippen molar-refractivity contribution in [1.82, 2.24) is 15.3 Å². The maximum Gasteiger partial charge on any atom is 0.271 e. The Morgan fingerprint density at radius 3 is 2.48 bits per heavy atom. The summed E-state index contributed by atoms with van der Waals surface area (Å²) >= 11 is 6.13. The van der Waals surface area contributed by atoms with Crippen LogP contribution in [0.25, 0.3) is 0 Å². The second kappa shape index (κ2) is 9.69. The molecular formula is C21H21ClN4O. The molecule has 5 nitrogen and oxygen atoms in total. The van der Waals surface area contributed by atoms with E-state index >= 15 is 0 Å². The van der Waals surface area contributed by atoms with E-state index in [1.165, 1.54) is 11.8 Å². The molecule has 138 valence electrons. The molecule has 0 saturated heterocycles. The number of rotatable bonds is 8. The van der Waals surface area contributed by atoms with Gasteiger partial charge in [0.15, 0.2) is 0 Å². The molecule has 3 rings (SSSR count). The predicted molar refractivity (Wildman–Crippen MR) is 108 cm³/mol. The van der Waals surface area contributed by atoms with E-state index in [4.69, 9.17) is 11.6 Å². The van der Waals surface area contributed by atoms with Crippen molar-refractivity contribution in [3.8, 4) is 0 Å². The minimum absolute atomic E-state index is 0.215. The average Bonchev–Trinajstić information content (AvgIpc) is 2.72. The fourth-order valence-corrected chi connectivity index (χ4v) is 2.80. The van der Waals surface area contributed by atoms with Gasteiger partial charge in [-0.1, -0.05) is 60.1 Å². The third-order valence-corrected chi connectivity index (χ3v) is 4.44. The number of aryl methyl sites for hydroxylation is 1. The van der Waals surface area contributed by atoms with Crippen molar-refractivity contribution < 1.29 is 4.79 Å². The smallest absolute Gasteiger partial charge is 0.271 e. The molecule has 1 heterocycles. The molecule has 0 fully saturated rings. The van der Waals surface area contributed by atoms with Crippen LogP contribution < -0.4 is 10.6 Å². The van der Waals surface area contributed by atoms with Gasteiger partial charge in [-0.3, -0.25) is 4.79 Å². The Hall–Kier alpha value is -2.92. The topological polar surface area (TPSA) is 66.9 Å². The minimum atomic E-state index is -0.215. The normalized spacial score (nSPS) is 10.4. The molecule has 1 amide bonds. The summed E-state index contributed by atoms with van der Waals surface area (Å²) in [7, 11) is 0. The fraction of sp³-hybridized carbons (Fsp3) is 0.190. The SMILES string of the molecule is O=C(NCCCc1ccccc1)c1cnc(NCc2ccccc2Cl)cn1. The van der Waals surface area contributed by atoms with E-state index in [9.17, 15) is 4.79 Å². The molecule has 0 atom stereocenters. The summed E-state index contributed by atoms with van der Waals surface area (Å²) in [5.74, 6) is 0.378. The lowest BCUT2D eigenvalue weighted by atomic mass is 10.1. The van der Waals surface area contributed by atoms with Gasteiger partial charge in [0.1, 0.15) is 11.5 Å². The van der Waals surface area contributed by atoms with Crippen LogP contribution in [0, 0.1) is 0 Å². The number of nitrogens with one attached hydrogen (secondary N) is 2. The molecule has 0 unspecified atom stereocenters. The van der Waals surface area contributed by atoms with Crippen LogP contribution in [-0.4, -0.2) is 22.4 Å². The molecule has 3 aromatic rings. The van der Waals surface area contributed by atoms with Crippen LogP contribution in [0.2, 0.25) is 5.02 Å². The van der Waals surface area contributed by atoms with E-state index in [2.05, 4.69) is 32.7 Å². The summed E-state index contributed by atoms with van der Waals surface area (Å²) in [4.78, 5) is 20.6. The van der Waals surface area contributed by atoms with Crippen molar-refractivity contribution in [2.45, 2.75) is 19.4 Å². The summed E-state index contributed by atoms with van der Waals surface area (Å²) < 4.78 is 0. The lowest BCUT2D eigenvalue weighted by Gasteiger charge is -2.08. The van der Waals surface area contributed by atoms with Crippen molar-refractivity contribution in [1.29, 1.82) is 0 Å². The molecule has 27 heavy (non-hydrogen) atoms. The Morgan fingerprint density at radius 1 is 0.963 bits per heavy atom. The van der Waals surface area contributed by atoms with Crippen molar-refractivity contribution in [2.75, 3.05) is 11.9 Å². The van der Waals surface area contributed by atoms with Gasteiger partial charge in [-0.25, -0.2) is 9.97 Å². The highest BCUT2D eigenvalue weighted by Gasteiger charge is 2.07. The maximum atomic E-state index is 12.1. The van der Waals surface area contributed by atoms with Gasteiger partial charge in [-0.15, -0.1) is 0 Å². The van der Waals surface area contributed by atoms with Crippen molar-refractivity contribution in [3.05, 3.63) is 88.8 Å². The van der Waals surface area contributed by atoms with Crippen LogP contribution in [0.5, 0.6) is 0 Å². The number of carbonyl (C=O) groups is 1. The third-order valence-electron chi connectivity index (χ3n) is 4.07. The number of carbonyl (C=O) groups excluding carboxylic acids is 1. The van der Waals surface area contributed by atoms with Gasteiger partial charge >= 0.3 is 0 Å². The van der Waals surface area contributed by atoms with Crippen LogP contribution in [-0.2, 0) is 13.0 Å². The number of halogens is 1. The van der Waals surface area contributed by atoms with Crippen molar-refractivity contribution in [3.63, 3.8) is 0 Å². The predicted octanol–water partition coefficient (Wildman–Crippen LogP) is 4.10. The van der Waals surface area contributed by atoms with Crippen LogP contribution in [0.4, 0.5) is 5.82 Å². The summed E-state index contributed by atoms with van der Waals surface area (Å²) in [6.45, 7) is 1.14. The van der Waals surface area contributed by atoms with Gasteiger partial charge in [0.25, 0.3) is 5.91 Å². The number of nitrogens with zero attached hydrogens (tertiary/aromatic N) is 2. The van der Waals surface area contributed by atoms with Crippen LogP contribution in [0.3, 0.4) is 0 Å². The Bertz CT molecular complexity index is 869. The van der Waals surface area contributed by atoms with E-state index in [1.54, 1.807) is 6.20 Å². The summed E-state index contributed by atoms with van der Waals surface area (Å²) in [5.41, 5.74) is 2.54. The summed E-state index contributed by atoms with van der Waals surface area (Å²) in [6.07, 6.45) is 4.83. The first-order valence-corrected chi connectivity index (χ1v) is 9.21. The van der Waals surface area contributed by atoms with Gasteiger partial charge in [0.05, 0.1) is 12.4 Å². The lowest BCUT2D eigenvalue weighted by Crippen LogP contribution is -2.25. The fourth-order valence-electron chi connectivity index (χ4n) is 2.59. The van der Waals surface area contributed by atoms with Gasteiger partial charge in [-0.05, 0) is 30.0 Å². The second-order valence-corrected chi connectivity index (χ2v) is 6.48. The quantitative estimate of drug-likeness (QED) is 0.577. The highest BCUT2D eigenvalue weighted by atomic mass is 35.5. The molecule has 0 bridgehead atoms. The highest BCUT2D eigenvalue weighted by Crippen LogP contribution is 2.16. The minimum Gasteiger partial charge on any atom is -0.365 e. The number of hydrogen-bond donors (Lipinski definition) is 2. The highest BCUT2D eigenvalue weighted by molar-refractivity contribution is 6.31. The van der Waals surface area contributed by atoms with Gasteiger partial charge < -0.3 is 10.6 Å². The van der Waals surface area contributed by atoms with E-state index in [1.807, 2.05) is 42.5 Å². The zero-order chi connectivity index (χ0) is 18.9. The molecule has 1 aromatic heterocycles. The molecule has 2 aromatic carbocycles. The van der Waals surface area contributed by atoms with E-state index in [-0.39, 0.29) is 5.91 Å². The molecule has 0 spiro atoms. The molecule has 6 heteroatoms. The molecule has 0 aliphatic heterocycles. The second-order valence-electron chi connectivity index (χ2n) is 6.08. The van der Waals surface area contributed by atoms with Crippen molar-refractivity contribution in [2.24, 2.45) is 0 Å². The number of aromatic nitrogens is 2. The third kappa shape index (κ3) is 5.79. The number of hydrogen-bond acceptors (Lipinski definition) is 4. The van der Waals surface area contributed by atoms with Gasteiger partial charge in [-0.2, -0.15) is 0 Å². The summed E-state index contributed by atoms with van der Waals surface area (Å²) in [6, 6.07) is 17.8. The molecule has 0 aliphatic rings. The largest absolute Gasteiger partial charge is 0.365 e. The summed E-state index contributed by atoms with van der Waals surface area (Å²) in [5, 5.41) is 6.72. The van der Waals surface area contributed by atoms with Gasteiger partial charge in [0.2, 0.25) is 0 Å². The first-order valence-electron chi connectivity index (χ1n) is 8.84. The van der Waals surface area contributed by atoms with Crippen molar-refractivity contribution >= 4 is 23.3 Å². The molecule has 0 saturated carbocycles. The standard InChI is InChI=1S/C21H21ClN4O/c22-18-11-5-4-10-17(18)13-25-20-15-24-19(14-26-20)21(27)23-12-6-9-16-7-2-1-3-8-16/h1-5,7-8,10-11,14-15H,6,9,12-13H2,(H,23,27)(H,25,26). The Kier molecular flexibility index (Phi) is 6.77. The zero-order valence-electron chi connectivity index (χ0n) is 14.9. The molecule has 0 aliphatic carbocycles. The molecular weight excluding hydrogens is 360 g/mol. The first-order chi connectivity index (χ1) is 13.2. The van der Waals surface area contributed by atoms with E-state index < -0.39 is 0 Å². The first kappa shape index (κ1) is 18.9. The Labute approximate surface area is 163 Å². The number of benzene rings is 2. The van der Waals surface area contributed by atoms with E-state index in [0.717, 1.165) is 18.4 Å². The Balaban J connectivity index is 1.43. The number of anilines is 1. The zero-order valence-corrected chi connectivity index (χ0v) is 15.6. The van der Waals surface area contributed by atoms with Crippen LogP contribution in [0.1, 0.15) is 28.0 Å². The maximum absolute atomic E-state index is 12.1. The molecule has 0 radical (unpaired) electrons. The van der Waals surface area contributed by atoms with Crippen LogP contribution >= 0.6 is 11.6 Å². The van der Waals surface area contributed by atoms with Gasteiger partial charge in [0, 0.05) is 18.1 Å². The monoisotopic (exact) mass is 380 g/mol. The average molecular weight is 381 g/mol. The lowest BCUT2D eigenvalue weighted by molar-refractivity contribution is 0.0948. The number of amides is 1. The van der Waals surface area contributed by atoms with Crippen LogP contribution in [0.15, 0.2) is 67.0 Å². The molecule has 2 N–H and O–H groups in total. The Morgan fingerprint density at radius 2 is 1.74 bits per heavy atom.